The molecule has 1 saturated heterocycles. The maximum Gasteiger partial charge on any atom is 0.250 e. The molecule has 3 nitrogen and oxygen atoms in total. The largest absolute Gasteiger partial charge is 0.331 e. The fourth-order valence-electron chi connectivity index (χ4n) is 1.16. The van der Waals surface area contributed by atoms with Crippen LogP contribution in [0.25, 0.3) is 0 Å². The first-order valence-electron chi connectivity index (χ1n) is 4.25. The molecule has 0 unspecified atom stereocenters. The molecule has 70 valence electrons. The predicted molar refractivity (Wildman–Crippen MR) is 52.0 cm³/mol. The highest BCUT2D eigenvalue weighted by Gasteiger charge is 2.17. The molecule has 0 atom stereocenters. The Bertz CT molecular complexity index is 280. The first-order valence-corrected chi connectivity index (χ1v) is 4.25. The summed E-state index contributed by atoms with van der Waals surface area (Å²) in [5.41, 5.74) is 2.02. The maximum atomic E-state index is 11.6. The van der Waals surface area contributed by atoms with Crippen LogP contribution in [0.2, 0.25) is 0 Å². The number of carbonyl (C=O) groups excluding carboxylic acids is 1. The van der Waals surface area contributed by atoms with Gasteiger partial charge in [0, 0.05) is 25.7 Å². The second-order valence-corrected chi connectivity index (χ2v) is 3.20. The topological polar surface area (TPSA) is 32.3 Å². The lowest BCUT2D eigenvalue weighted by molar-refractivity contribution is -0.125. The van der Waals surface area contributed by atoms with E-state index in [-0.39, 0.29) is 5.91 Å². The third-order valence-electron chi connectivity index (χ3n) is 2.20. The van der Waals surface area contributed by atoms with Crippen molar-refractivity contribution in [2.75, 3.05) is 26.7 Å². The summed E-state index contributed by atoms with van der Waals surface area (Å²) in [6, 6.07) is 0. The van der Waals surface area contributed by atoms with Crippen LogP contribution in [0.1, 0.15) is 6.92 Å². The Labute approximate surface area is 78.8 Å². The molecule has 0 radical (unpaired) electrons. The third-order valence-corrected chi connectivity index (χ3v) is 2.20. The first kappa shape index (κ1) is 9.82. The minimum absolute atomic E-state index is 0.0365. The molecule has 13 heavy (non-hydrogen) atoms. The van der Waals surface area contributed by atoms with Crippen molar-refractivity contribution < 1.29 is 4.79 Å². The summed E-state index contributed by atoms with van der Waals surface area (Å²) in [4.78, 5) is 13.2. The predicted octanol–water partition coefficient (Wildman–Crippen LogP) is -0.00230. The van der Waals surface area contributed by atoms with Crippen LogP contribution in [0.15, 0.2) is 11.1 Å². The highest BCUT2D eigenvalue weighted by molar-refractivity contribution is 5.94. The summed E-state index contributed by atoms with van der Waals surface area (Å²) in [7, 11) is 1.72. The van der Waals surface area contributed by atoms with Crippen LogP contribution in [0.3, 0.4) is 0 Å². The summed E-state index contributed by atoms with van der Waals surface area (Å²) >= 11 is 0. The fraction of sp³-hybridized carbons (Fsp3) is 0.500. The molecule has 0 bridgehead atoms. The smallest absolute Gasteiger partial charge is 0.250 e. The van der Waals surface area contributed by atoms with Gasteiger partial charge in [0.1, 0.15) is 0 Å². The number of likely N-dealkylation sites (N-methyl/N-ethyl adjacent to an activating group) is 1. The zero-order valence-corrected chi connectivity index (χ0v) is 8.05. The van der Waals surface area contributed by atoms with Gasteiger partial charge in [0.25, 0.3) is 0 Å². The molecule has 0 aromatic rings. The number of rotatable bonds is 2. The van der Waals surface area contributed by atoms with Gasteiger partial charge in [-0.1, -0.05) is 5.92 Å². The number of amides is 1. The van der Waals surface area contributed by atoms with E-state index in [2.05, 4.69) is 11.2 Å². The van der Waals surface area contributed by atoms with E-state index in [1.165, 1.54) is 5.57 Å². The van der Waals surface area contributed by atoms with E-state index >= 15 is 0 Å². The standard InChI is InChI=1S/C10H14N2O/c1-4-5-12(3)10(13)8(2)9-6-11-7-9/h1,11H,5-7H2,2-3H3. The van der Waals surface area contributed by atoms with E-state index in [0.29, 0.717) is 6.54 Å². The van der Waals surface area contributed by atoms with Crippen LogP contribution in [0, 0.1) is 12.3 Å². The van der Waals surface area contributed by atoms with Crippen LogP contribution >= 0.6 is 0 Å². The molecular formula is C10H14N2O. The summed E-state index contributed by atoms with van der Waals surface area (Å²) < 4.78 is 0. The van der Waals surface area contributed by atoms with E-state index in [1.54, 1.807) is 11.9 Å². The molecule has 1 aliphatic rings. The SMILES string of the molecule is C#CCN(C)C(=O)C(C)=C1CNC1. The maximum absolute atomic E-state index is 11.6. The van der Waals surface area contributed by atoms with Crippen molar-refractivity contribution in [1.82, 2.24) is 10.2 Å². The molecule has 0 aromatic heterocycles. The van der Waals surface area contributed by atoms with Crippen LogP contribution in [0.5, 0.6) is 0 Å². The van der Waals surface area contributed by atoms with E-state index in [9.17, 15) is 4.79 Å². The van der Waals surface area contributed by atoms with Crippen molar-refractivity contribution in [1.29, 1.82) is 0 Å². The highest BCUT2D eigenvalue weighted by Crippen LogP contribution is 2.10. The lowest BCUT2D eigenvalue weighted by Crippen LogP contribution is -2.38. The van der Waals surface area contributed by atoms with E-state index in [4.69, 9.17) is 6.42 Å². The van der Waals surface area contributed by atoms with Gasteiger partial charge >= 0.3 is 0 Å². The summed E-state index contributed by atoms with van der Waals surface area (Å²) in [5.74, 6) is 2.48. The van der Waals surface area contributed by atoms with Crippen molar-refractivity contribution in [2.24, 2.45) is 0 Å². The lowest BCUT2D eigenvalue weighted by atomic mass is 10.0. The van der Waals surface area contributed by atoms with Gasteiger partial charge < -0.3 is 10.2 Å². The second-order valence-electron chi connectivity index (χ2n) is 3.20. The molecule has 0 aliphatic carbocycles. The molecular weight excluding hydrogens is 164 g/mol. The summed E-state index contributed by atoms with van der Waals surface area (Å²) in [6.45, 7) is 3.89. The first-order chi connectivity index (χ1) is 6.16. The average Bonchev–Trinajstić information content (AvgIpc) is 2.00. The van der Waals surface area contributed by atoms with Crippen molar-refractivity contribution in [3.8, 4) is 12.3 Å². The molecule has 1 fully saturated rings. The molecule has 3 heteroatoms. The quantitative estimate of drug-likeness (QED) is 0.477. The molecule has 1 N–H and O–H groups in total. The second kappa shape index (κ2) is 4.11. The monoisotopic (exact) mass is 178 g/mol. The van der Waals surface area contributed by atoms with Crippen molar-refractivity contribution in [2.45, 2.75) is 6.92 Å². The molecule has 0 spiro atoms. The van der Waals surface area contributed by atoms with Crippen LogP contribution in [0.4, 0.5) is 0 Å². The van der Waals surface area contributed by atoms with Gasteiger partial charge in [-0.3, -0.25) is 4.79 Å². The molecule has 0 saturated carbocycles. The molecule has 1 rings (SSSR count). The lowest BCUT2D eigenvalue weighted by Gasteiger charge is -2.23. The number of carbonyl (C=O) groups is 1. The van der Waals surface area contributed by atoms with Gasteiger partial charge in [0.15, 0.2) is 0 Å². The van der Waals surface area contributed by atoms with Gasteiger partial charge in [0.05, 0.1) is 6.54 Å². The highest BCUT2D eigenvalue weighted by atomic mass is 16.2. The number of nitrogens with zero attached hydrogens (tertiary/aromatic N) is 1. The van der Waals surface area contributed by atoms with Gasteiger partial charge in [-0.25, -0.2) is 0 Å². The Kier molecular flexibility index (Phi) is 3.10. The van der Waals surface area contributed by atoms with E-state index < -0.39 is 0 Å². The Morgan fingerprint density at radius 3 is 2.69 bits per heavy atom. The normalized spacial score (nSPS) is 14.4. The van der Waals surface area contributed by atoms with Gasteiger partial charge in [-0.2, -0.15) is 0 Å². The number of terminal acetylenes is 1. The fourth-order valence-corrected chi connectivity index (χ4v) is 1.16. The minimum atomic E-state index is 0.0365. The van der Waals surface area contributed by atoms with Crippen molar-refractivity contribution >= 4 is 5.91 Å². The van der Waals surface area contributed by atoms with Gasteiger partial charge in [-0.15, -0.1) is 6.42 Å². The van der Waals surface area contributed by atoms with Gasteiger partial charge in [-0.05, 0) is 12.5 Å². The van der Waals surface area contributed by atoms with Crippen molar-refractivity contribution in [3.63, 3.8) is 0 Å². The van der Waals surface area contributed by atoms with E-state index in [1.807, 2.05) is 6.92 Å². The molecule has 1 aliphatic heterocycles. The van der Waals surface area contributed by atoms with Crippen molar-refractivity contribution in [3.05, 3.63) is 11.1 Å². The minimum Gasteiger partial charge on any atom is -0.331 e. The van der Waals surface area contributed by atoms with Crippen LogP contribution in [-0.2, 0) is 4.79 Å². The Morgan fingerprint density at radius 2 is 2.31 bits per heavy atom. The number of nitrogens with one attached hydrogen (secondary N) is 1. The molecule has 1 amide bonds. The number of hydrogen-bond donors (Lipinski definition) is 1. The van der Waals surface area contributed by atoms with Crippen LogP contribution in [-0.4, -0.2) is 37.5 Å². The van der Waals surface area contributed by atoms with Gasteiger partial charge in [0.2, 0.25) is 5.91 Å². The molecule has 0 aromatic carbocycles. The number of hydrogen-bond acceptors (Lipinski definition) is 2. The zero-order chi connectivity index (χ0) is 9.84. The van der Waals surface area contributed by atoms with E-state index in [0.717, 1.165) is 18.7 Å². The summed E-state index contributed by atoms with van der Waals surface area (Å²) in [6.07, 6.45) is 5.12. The molecule has 1 heterocycles. The average molecular weight is 178 g/mol. The zero-order valence-electron chi connectivity index (χ0n) is 8.05. The Hall–Kier alpha value is -1.27. The van der Waals surface area contributed by atoms with Crippen LogP contribution < -0.4 is 5.32 Å². The Morgan fingerprint density at radius 1 is 1.69 bits per heavy atom. The third kappa shape index (κ3) is 2.10. The summed E-state index contributed by atoms with van der Waals surface area (Å²) in [5, 5.41) is 3.10. The Balaban J connectivity index is 2.62.